The molecular formula is C11H12BrNO4. The van der Waals surface area contributed by atoms with E-state index in [4.69, 9.17) is 10.2 Å². The van der Waals surface area contributed by atoms with E-state index in [1.807, 2.05) is 13.0 Å². The van der Waals surface area contributed by atoms with Gasteiger partial charge in [0, 0.05) is 4.47 Å². The second-order valence-electron chi connectivity index (χ2n) is 3.55. The fraction of sp³-hybridized carbons (Fsp3) is 0.273. The van der Waals surface area contributed by atoms with E-state index in [9.17, 15) is 9.59 Å². The molecule has 0 bridgehead atoms. The van der Waals surface area contributed by atoms with Gasteiger partial charge >= 0.3 is 5.97 Å². The lowest BCUT2D eigenvalue weighted by molar-refractivity contribution is -0.146. The SMILES string of the molecule is Cc1ccc(Br)c(C(=O)NC[C@H](O)C(=O)O)c1. The fourth-order valence-electron chi connectivity index (χ4n) is 1.19. The Bertz CT molecular complexity index is 447. The summed E-state index contributed by atoms with van der Waals surface area (Å²) in [5.41, 5.74) is 1.32. The average Bonchev–Trinajstić information content (AvgIpc) is 2.28. The Labute approximate surface area is 107 Å². The number of halogens is 1. The molecule has 6 heteroatoms. The minimum absolute atomic E-state index is 0.325. The molecule has 1 atom stereocenters. The van der Waals surface area contributed by atoms with Crippen LogP contribution in [-0.4, -0.2) is 34.7 Å². The molecule has 92 valence electrons. The number of nitrogens with one attached hydrogen (secondary N) is 1. The first-order valence-electron chi connectivity index (χ1n) is 4.87. The number of rotatable bonds is 4. The molecule has 1 aromatic rings. The van der Waals surface area contributed by atoms with E-state index in [1.54, 1.807) is 12.1 Å². The number of carbonyl (C=O) groups is 2. The molecule has 1 rings (SSSR count). The van der Waals surface area contributed by atoms with Crippen LogP contribution in [0.15, 0.2) is 22.7 Å². The highest BCUT2D eigenvalue weighted by Crippen LogP contribution is 2.17. The molecule has 5 nitrogen and oxygen atoms in total. The van der Waals surface area contributed by atoms with Gasteiger partial charge in [0.1, 0.15) is 0 Å². The van der Waals surface area contributed by atoms with Gasteiger partial charge < -0.3 is 15.5 Å². The van der Waals surface area contributed by atoms with Crippen molar-refractivity contribution in [2.24, 2.45) is 0 Å². The van der Waals surface area contributed by atoms with Gasteiger partial charge in [-0.2, -0.15) is 0 Å². The number of carboxylic acid groups (broad SMARTS) is 1. The molecule has 0 saturated heterocycles. The molecule has 0 aromatic heterocycles. The van der Waals surface area contributed by atoms with Crippen LogP contribution in [0.3, 0.4) is 0 Å². The zero-order valence-electron chi connectivity index (χ0n) is 9.11. The van der Waals surface area contributed by atoms with Gasteiger partial charge in [-0.3, -0.25) is 4.79 Å². The molecule has 1 aromatic carbocycles. The van der Waals surface area contributed by atoms with E-state index in [2.05, 4.69) is 21.2 Å². The predicted molar refractivity (Wildman–Crippen MR) is 64.9 cm³/mol. The Balaban J connectivity index is 2.70. The molecule has 1 amide bonds. The van der Waals surface area contributed by atoms with E-state index < -0.39 is 18.0 Å². The molecule has 0 aliphatic heterocycles. The molecule has 0 spiro atoms. The second-order valence-corrected chi connectivity index (χ2v) is 4.40. The third-order valence-corrected chi connectivity index (χ3v) is 2.80. The third-order valence-electron chi connectivity index (χ3n) is 2.11. The molecule has 0 heterocycles. The Morgan fingerprint density at radius 3 is 2.71 bits per heavy atom. The molecule has 0 aliphatic carbocycles. The summed E-state index contributed by atoms with van der Waals surface area (Å²) >= 11 is 3.23. The van der Waals surface area contributed by atoms with E-state index in [0.29, 0.717) is 10.0 Å². The Morgan fingerprint density at radius 2 is 2.12 bits per heavy atom. The lowest BCUT2D eigenvalue weighted by Gasteiger charge is -2.09. The Kier molecular flexibility index (Phi) is 4.65. The lowest BCUT2D eigenvalue weighted by atomic mass is 10.1. The van der Waals surface area contributed by atoms with E-state index >= 15 is 0 Å². The van der Waals surface area contributed by atoms with Crippen molar-refractivity contribution >= 4 is 27.8 Å². The largest absolute Gasteiger partial charge is 0.479 e. The standard InChI is InChI=1S/C11H12BrNO4/c1-6-2-3-8(12)7(4-6)10(15)13-5-9(14)11(16)17/h2-4,9,14H,5H2,1H3,(H,13,15)(H,16,17)/t9-/m0/s1. The van der Waals surface area contributed by atoms with Crippen molar-refractivity contribution in [1.82, 2.24) is 5.32 Å². The number of carbonyl (C=O) groups excluding carboxylic acids is 1. The van der Waals surface area contributed by atoms with Crippen molar-refractivity contribution in [3.63, 3.8) is 0 Å². The monoisotopic (exact) mass is 301 g/mol. The third kappa shape index (κ3) is 3.83. The summed E-state index contributed by atoms with van der Waals surface area (Å²) in [6.07, 6.45) is -1.59. The van der Waals surface area contributed by atoms with Gasteiger partial charge in [-0.05, 0) is 35.0 Å². The van der Waals surface area contributed by atoms with Crippen LogP contribution in [0.2, 0.25) is 0 Å². The fourth-order valence-corrected chi connectivity index (χ4v) is 1.61. The number of benzene rings is 1. The van der Waals surface area contributed by atoms with Crippen LogP contribution in [0, 0.1) is 6.92 Å². The van der Waals surface area contributed by atoms with E-state index in [1.165, 1.54) is 0 Å². The molecule has 0 saturated carbocycles. The highest BCUT2D eigenvalue weighted by Gasteiger charge is 2.16. The molecular weight excluding hydrogens is 290 g/mol. The molecule has 0 aliphatic rings. The van der Waals surface area contributed by atoms with Crippen molar-refractivity contribution in [2.75, 3.05) is 6.54 Å². The topological polar surface area (TPSA) is 86.6 Å². The van der Waals surface area contributed by atoms with Crippen LogP contribution in [0.5, 0.6) is 0 Å². The van der Waals surface area contributed by atoms with Gasteiger partial charge in [-0.25, -0.2) is 4.79 Å². The lowest BCUT2D eigenvalue weighted by Crippen LogP contribution is -2.36. The van der Waals surface area contributed by atoms with Crippen LogP contribution in [0.4, 0.5) is 0 Å². The number of aliphatic hydroxyl groups is 1. The molecule has 0 radical (unpaired) electrons. The van der Waals surface area contributed by atoms with Crippen LogP contribution >= 0.6 is 15.9 Å². The summed E-state index contributed by atoms with van der Waals surface area (Å²) in [6, 6.07) is 5.25. The smallest absolute Gasteiger partial charge is 0.334 e. The van der Waals surface area contributed by atoms with Gasteiger partial charge in [0.15, 0.2) is 6.10 Å². The van der Waals surface area contributed by atoms with Gasteiger partial charge in [0.25, 0.3) is 5.91 Å². The van der Waals surface area contributed by atoms with Gasteiger partial charge in [-0.15, -0.1) is 0 Å². The number of amides is 1. The molecule has 3 N–H and O–H groups in total. The number of aliphatic hydroxyl groups excluding tert-OH is 1. The summed E-state index contributed by atoms with van der Waals surface area (Å²) in [6.45, 7) is 1.52. The summed E-state index contributed by atoms with van der Waals surface area (Å²) in [5.74, 6) is -1.80. The maximum absolute atomic E-state index is 11.7. The van der Waals surface area contributed by atoms with Crippen molar-refractivity contribution in [3.05, 3.63) is 33.8 Å². The van der Waals surface area contributed by atoms with Crippen LogP contribution in [0.25, 0.3) is 0 Å². The Morgan fingerprint density at radius 1 is 1.47 bits per heavy atom. The first-order valence-corrected chi connectivity index (χ1v) is 5.66. The van der Waals surface area contributed by atoms with Crippen molar-refractivity contribution < 1.29 is 19.8 Å². The van der Waals surface area contributed by atoms with Crippen molar-refractivity contribution in [3.8, 4) is 0 Å². The van der Waals surface area contributed by atoms with E-state index in [-0.39, 0.29) is 6.54 Å². The average molecular weight is 302 g/mol. The van der Waals surface area contributed by atoms with Crippen molar-refractivity contribution in [1.29, 1.82) is 0 Å². The second kappa shape index (κ2) is 5.79. The van der Waals surface area contributed by atoms with Gasteiger partial charge in [0.2, 0.25) is 0 Å². The number of aryl methyl sites for hydroxylation is 1. The minimum atomic E-state index is -1.59. The molecule has 0 unspecified atom stereocenters. The predicted octanol–water partition coefficient (Wildman–Crippen LogP) is 0.933. The zero-order valence-corrected chi connectivity index (χ0v) is 10.7. The summed E-state index contributed by atoms with van der Waals surface area (Å²) in [7, 11) is 0. The first kappa shape index (κ1) is 13.7. The Hall–Kier alpha value is -1.40. The van der Waals surface area contributed by atoms with Crippen LogP contribution in [0.1, 0.15) is 15.9 Å². The normalized spacial score (nSPS) is 11.9. The number of hydrogen-bond acceptors (Lipinski definition) is 3. The van der Waals surface area contributed by atoms with E-state index in [0.717, 1.165) is 5.56 Å². The minimum Gasteiger partial charge on any atom is -0.479 e. The number of carboxylic acids is 1. The summed E-state index contributed by atoms with van der Waals surface area (Å²) in [5, 5.41) is 19.8. The zero-order chi connectivity index (χ0) is 13.0. The van der Waals surface area contributed by atoms with Crippen molar-refractivity contribution in [2.45, 2.75) is 13.0 Å². The van der Waals surface area contributed by atoms with Crippen LogP contribution < -0.4 is 5.32 Å². The highest BCUT2D eigenvalue weighted by molar-refractivity contribution is 9.10. The summed E-state index contributed by atoms with van der Waals surface area (Å²) in [4.78, 5) is 22.1. The van der Waals surface area contributed by atoms with Gasteiger partial charge in [0.05, 0.1) is 12.1 Å². The maximum atomic E-state index is 11.7. The number of aliphatic carboxylic acids is 1. The molecule has 0 fully saturated rings. The molecule has 17 heavy (non-hydrogen) atoms. The quantitative estimate of drug-likeness (QED) is 0.772. The number of hydrogen-bond donors (Lipinski definition) is 3. The van der Waals surface area contributed by atoms with Gasteiger partial charge in [-0.1, -0.05) is 11.6 Å². The summed E-state index contributed by atoms with van der Waals surface area (Å²) < 4.78 is 0.616. The van der Waals surface area contributed by atoms with Crippen LogP contribution in [-0.2, 0) is 4.79 Å². The maximum Gasteiger partial charge on any atom is 0.334 e. The first-order chi connectivity index (χ1) is 7.91. The highest BCUT2D eigenvalue weighted by atomic mass is 79.9.